The summed E-state index contributed by atoms with van der Waals surface area (Å²) in [5.41, 5.74) is 0. The molecule has 0 nitrogen and oxygen atoms in total. The van der Waals surface area contributed by atoms with Crippen LogP contribution in [0.15, 0.2) is 0 Å². The van der Waals surface area contributed by atoms with Gasteiger partial charge in [-0.25, -0.2) is 0 Å². The Labute approximate surface area is 117 Å². The molecule has 0 aliphatic heterocycles. The molecule has 0 spiro atoms. The molecule has 0 rings (SSSR count). The lowest BCUT2D eigenvalue weighted by Gasteiger charge is -2.07. The smallest absolute Gasteiger partial charge is 0.000473 e. The maximum absolute atomic E-state index is 2.48. The van der Waals surface area contributed by atoms with E-state index in [1.807, 2.05) is 0 Å². The Balaban J connectivity index is 2.93. The molecule has 0 aromatic heterocycles. The average Bonchev–Trinajstić information content (AvgIpc) is 2.31. The summed E-state index contributed by atoms with van der Waals surface area (Å²) < 4.78 is 1.34. The Hall–Kier alpha value is 0.730. The van der Waals surface area contributed by atoms with Crippen LogP contribution in [0.2, 0.25) is 0 Å². The maximum atomic E-state index is 2.48. The molecule has 0 aliphatic rings. The number of unbranched alkanes of at least 4 members (excludes halogenated alkanes) is 8. The second kappa shape index (κ2) is 13.8. The normalized spacial score (nSPS) is 12.9. The fourth-order valence-corrected chi connectivity index (χ4v) is 2.57. The molecule has 98 valence electrons. The zero-order chi connectivity index (χ0) is 12.1. The largest absolute Gasteiger partial charge is 0.0864 e. The molecule has 16 heavy (non-hydrogen) atoms. The zero-order valence-electron chi connectivity index (χ0n) is 11.4. The molecule has 1 unspecified atom stereocenters. The van der Waals surface area contributed by atoms with Gasteiger partial charge in [0.2, 0.25) is 0 Å². The van der Waals surface area contributed by atoms with Crippen molar-refractivity contribution in [3.63, 3.8) is 0 Å². The number of halogens is 1. The number of hydrogen-bond donors (Lipinski definition) is 0. The van der Waals surface area contributed by atoms with Crippen LogP contribution in [-0.4, -0.2) is 4.43 Å². The lowest BCUT2D eigenvalue weighted by atomic mass is 9.99. The van der Waals surface area contributed by atoms with E-state index >= 15 is 0 Å². The lowest BCUT2D eigenvalue weighted by Crippen LogP contribution is -1.91. The summed E-state index contributed by atoms with van der Waals surface area (Å²) in [4.78, 5) is 0. The van der Waals surface area contributed by atoms with E-state index < -0.39 is 0 Å². The first-order valence-corrected chi connectivity index (χ1v) is 8.89. The first-order valence-electron chi connectivity index (χ1n) is 7.37. The molecule has 1 atom stereocenters. The van der Waals surface area contributed by atoms with Crippen molar-refractivity contribution in [2.45, 2.75) is 84.5 Å². The van der Waals surface area contributed by atoms with Gasteiger partial charge in [-0.2, -0.15) is 0 Å². The molecule has 0 radical (unpaired) electrons. The van der Waals surface area contributed by atoms with Crippen LogP contribution in [0.5, 0.6) is 0 Å². The highest BCUT2D eigenvalue weighted by molar-refractivity contribution is 14.1. The van der Waals surface area contributed by atoms with Gasteiger partial charge < -0.3 is 0 Å². The minimum Gasteiger partial charge on any atom is -0.0864 e. The van der Waals surface area contributed by atoms with Crippen LogP contribution >= 0.6 is 22.6 Å². The van der Waals surface area contributed by atoms with Gasteiger partial charge in [-0.1, -0.05) is 101 Å². The van der Waals surface area contributed by atoms with Gasteiger partial charge in [0.15, 0.2) is 0 Å². The quantitative estimate of drug-likeness (QED) is 0.220. The topological polar surface area (TPSA) is 0 Å². The van der Waals surface area contributed by atoms with Crippen molar-refractivity contribution in [1.29, 1.82) is 0 Å². The molecule has 0 fully saturated rings. The predicted molar refractivity (Wildman–Crippen MR) is 84.5 cm³/mol. The third kappa shape index (κ3) is 12.8. The molecule has 0 saturated carbocycles. The molecule has 0 N–H and O–H groups in total. The molecule has 1 heteroatoms. The van der Waals surface area contributed by atoms with Crippen LogP contribution in [0.4, 0.5) is 0 Å². The van der Waals surface area contributed by atoms with Gasteiger partial charge in [0.1, 0.15) is 0 Å². The van der Waals surface area contributed by atoms with Crippen LogP contribution in [0, 0.1) is 5.92 Å². The predicted octanol–water partition coefficient (Wildman–Crippen LogP) is 6.37. The van der Waals surface area contributed by atoms with Crippen molar-refractivity contribution >= 4 is 22.6 Å². The molecule has 0 aliphatic carbocycles. The van der Waals surface area contributed by atoms with Crippen molar-refractivity contribution < 1.29 is 0 Å². The Kier molecular flexibility index (Phi) is 14.4. The molecular weight excluding hydrogens is 307 g/mol. The van der Waals surface area contributed by atoms with Gasteiger partial charge in [-0.3, -0.25) is 0 Å². The van der Waals surface area contributed by atoms with Crippen molar-refractivity contribution in [3.8, 4) is 0 Å². The SMILES string of the molecule is CCC(C)CCCCCCCCCCCI. The second-order valence-corrected chi connectivity index (χ2v) is 6.25. The molecule has 0 saturated heterocycles. The van der Waals surface area contributed by atoms with Gasteiger partial charge in [-0.15, -0.1) is 0 Å². The zero-order valence-corrected chi connectivity index (χ0v) is 13.6. The third-order valence-corrected chi connectivity index (χ3v) is 4.29. The van der Waals surface area contributed by atoms with E-state index in [4.69, 9.17) is 0 Å². The van der Waals surface area contributed by atoms with Crippen molar-refractivity contribution in [3.05, 3.63) is 0 Å². The third-order valence-electron chi connectivity index (χ3n) is 3.53. The van der Waals surface area contributed by atoms with Crippen LogP contribution in [0.1, 0.15) is 84.5 Å². The molecular formula is C15H31I. The Bertz CT molecular complexity index is 123. The monoisotopic (exact) mass is 338 g/mol. The van der Waals surface area contributed by atoms with Crippen LogP contribution in [-0.2, 0) is 0 Å². The summed E-state index contributed by atoms with van der Waals surface area (Å²) in [5.74, 6) is 0.952. The highest BCUT2D eigenvalue weighted by atomic mass is 127. The summed E-state index contributed by atoms with van der Waals surface area (Å²) in [6.45, 7) is 4.69. The summed E-state index contributed by atoms with van der Waals surface area (Å²) in [6.07, 6.45) is 16.0. The van der Waals surface area contributed by atoms with Gasteiger partial charge in [0, 0.05) is 0 Å². The molecule has 0 amide bonds. The van der Waals surface area contributed by atoms with E-state index in [2.05, 4.69) is 36.4 Å². The average molecular weight is 338 g/mol. The Morgan fingerprint density at radius 1 is 0.750 bits per heavy atom. The van der Waals surface area contributed by atoms with Crippen molar-refractivity contribution in [1.82, 2.24) is 0 Å². The fraction of sp³-hybridized carbons (Fsp3) is 1.00. The van der Waals surface area contributed by atoms with Gasteiger partial charge in [0.05, 0.1) is 0 Å². The van der Waals surface area contributed by atoms with E-state index in [9.17, 15) is 0 Å². The molecule has 0 heterocycles. The summed E-state index contributed by atoms with van der Waals surface area (Å²) >= 11 is 2.48. The van der Waals surface area contributed by atoms with E-state index in [1.54, 1.807) is 0 Å². The minimum atomic E-state index is 0.952. The standard InChI is InChI=1S/C15H31I/c1-3-15(2)13-11-9-7-5-4-6-8-10-12-14-16/h15H,3-14H2,1-2H3. The molecule has 0 bridgehead atoms. The fourth-order valence-electron chi connectivity index (χ4n) is 2.03. The van der Waals surface area contributed by atoms with Gasteiger partial charge >= 0.3 is 0 Å². The number of rotatable bonds is 12. The summed E-state index contributed by atoms with van der Waals surface area (Å²) in [6, 6.07) is 0. The van der Waals surface area contributed by atoms with Gasteiger partial charge in [0.25, 0.3) is 0 Å². The number of hydrogen-bond acceptors (Lipinski definition) is 0. The maximum Gasteiger partial charge on any atom is -0.000473 e. The number of alkyl halides is 1. The van der Waals surface area contributed by atoms with E-state index in [1.165, 1.54) is 75.1 Å². The van der Waals surface area contributed by atoms with Gasteiger partial charge in [-0.05, 0) is 16.8 Å². The Morgan fingerprint density at radius 3 is 1.62 bits per heavy atom. The Morgan fingerprint density at radius 2 is 1.19 bits per heavy atom. The second-order valence-electron chi connectivity index (χ2n) is 5.17. The van der Waals surface area contributed by atoms with Crippen LogP contribution in [0.3, 0.4) is 0 Å². The van der Waals surface area contributed by atoms with Crippen LogP contribution in [0.25, 0.3) is 0 Å². The highest BCUT2D eigenvalue weighted by Gasteiger charge is 1.98. The summed E-state index contributed by atoms with van der Waals surface area (Å²) in [5, 5.41) is 0. The highest BCUT2D eigenvalue weighted by Crippen LogP contribution is 2.15. The molecule has 0 aromatic rings. The molecule has 0 aromatic carbocycles. The van der Waals surface area contributed by atoms with E-state index in [-0.39, 0.29) is 0 Å². The van der Waals surface area contributed by atoms with Crippen molar-refractivity contribution in [2.75, 3.05) is 4.43 Å². The van der Waals surface area contributed by atoms with E-state index in [0.29, 0.717) is 0 Å². The van der Waals surface area contributed by atoms with Crippen LogP contribution < -0.4 is 0 Å². The summed E-state index contributed by atoms with van der Waals surface area (Å²) in [7, 11) is 0. The van der Waals surface area contributed by atoms with E-state index in [0.717, 1.165) is 5.92 Å². The first kappa shape index (κ1) is 16.7. The lowest BCUT2D eigenvalue weighted by molar-refractivity contribution is 0.469. The van der Waals surface area contributed by atoms with Crippen molar-refractivity contribution in [2.24, 2.45) is 5.92 Å². The minimum absolute atomic E-state index is 0.952. The first-order chi connectivity index (χ1) is 7.81.